The van der Waals surface area contributed by atoms with E-state index in [1.54, 1.807) is 60.7 Å². The summed E-state index contributed by atoms with van der Waals surface area (Å²) >= 11 is 11.8. The summed E-state index contributed by atoms with van der Waals surface area (Å²) in [7, 11) is 0. The first kappa shape index (κ1) is 26.5. The summed E-state index contributed by atoms with van der Waals surface area (Å²) in [6.45, 7) is 1.97. The first-order chi connectivity index (χ1) is 17.4. The highest BCUT2D eigenvalue weighted by Crippen LogP contribution is 2.25. The monoisotopic (exact) mass is 528 g/mol. The second-order valence-electron chi connectivity index (χ2n) is 7.12. The zero-order valence-electron chi connectivity index (χ0n) is 19.1. The number of amides is 3. The number of halogens is 2. The van der Waals surface area contributed by atoms with Gasteiger partial charge >= 0.3 is 11.8 Å². The second-order valence-corrected chi connectivity index (χ2v) is 7.94. The number of rotatable bonds is 9. The molecule has 0 saturated heterocycles. The molecule has 36 heavy (non-hydrogen) atoms. The van der Waals surface area contributed by atoms with Crippen LogP contribution in [0.3, 0.4) is 0 Å². The van der Waals surface area contributed by atoms with Crippen molar-refractivity contribution in [2.45, 2.75) is 6.92 Å². The number of hydrazone groups is 1. The molecule has 0 radical (unpaired) electrons. The van der Waals surface area contributed by atoms with Crippen molar-refractivity contribution in [2.24, 2.45) is 5.10 Å². The lowest BCUT2D eigenvalue weighted by Gasteiger charge is -2.10. The van der Waals surface area contributed by atoms with Gasteiger partial charge in [0.25, 0.3) is 5.91 Å². The van der Waals surface area contributed by atoms with Crippen molar-refractivity contribution < 1.29 is 23.9 Å². The zero-order valence-corrected chi connectivity index (χ0v) is 20.6. The van der Waals surface area contributed by atoms with E-state index in [0.29, 0.717) is 45.1 Å². The number of hydrogen-bond donors (Lipinski definition) is 3. The Morgan fingerprint density at radius 3 is 2.47 bits per heavy atom. The fourth-order valence-corrected chi connectivity index (χ4v) is 3.15. The lowest BCUT2D eigenvalue weighted by molar-refractivity contribution is -0.136. The third kappa shape index (κ3) is 8.00. The van der Waals surface area contributed by atoms with Gasteiger partial charge in [-0.25, -0.2) is 5.43 Å². The molecular weight excluding hydrogens is 507 g/mol. The maximum Gasteiger partial charge on any atom is 0.329 e. The SMILES string of the molecule is CCOc1ccccc1NC(=O)C(=O)N/N=C\c1cccc(OCC(=O)Nc2ccc(Cl)c(Cl)c2)c1. The molecular formula is C25H22Cl2N4O5. The molecule has 0 aliphatic rings. The van der Waals surface area contributed by atoms with Gasteiger partial charge < -0.3 is 20.1 Å². The summed E-state index contributed by atoms with van der Waals surface area (Å²) in [4.78, 5) is 36.4. The number of para-hydroxylation sites is 2. The Balaban J connectivity index is 1.49. The quantitative estimate of drug-likeness (QED) is 0.214. The summed E-state index contributed by atoms with van der Waals surface area (Å²) in [6, 6.07) is 18.2. The van der Waals surface area contributed by atoms with Crippen LogP contribution in [0.5, 0.6) is 11.5 Å². The molecule has 0 unspecified atom stereocenters. The Bertz CT molecular complexity index is 1280. The Hall–Kier alpha value is -4.08. The van der Waals surface area contributed by atoms with E-state index in [1.165, 1.54) is 12.3 Å². The predicted octanol–water partition coefficient (Wildman–Crippen LogP) is 4.50. The lowest BCUT2D eigenvalue weighted by Crippen LogP contribution is -2.32. The van der Waals surface area contributed by atoms with Crippen LogP contribution in [0.1, 0.15) is 12.5 Å². The highest BCUT2D eigenvalue weighted by Gasteiger charge is 2.15. The fraction of sp³-hybridized carbons (Fsp3) is 0.120. The van der Waals surface area contributed by atoms with Crippen LogP contribution in [0.15, 0.2) is 71.8 Å². The van der Waals surface area contributed by atoms with Gasteiger partial charge in [0.05, 0.1) is 28.6 Å². The molecule has 0 bridgehead atoms. The van der Waals surface area contributed by atoms with E-state index in [1.807, 2.05) is 6.92 Å². The van der Waals surface area contributed by atoms with E-state index in [2.05, 4.69) is 21.2 Å². The largest absolute Gasteiger partial charge is 0.492 e. The van der Waals surface area contributed by atoms with Crippen LogP contribution in [-0.2, 0) is 14.4 Å². The molecule has 0 atom stereocenters. The van der Waals surface area contributed by atoms with Gasteiger partial charge in [0.2, 0.25) is 0 Å². The molecule has 0 saturated carbocycles. The maximum absolute atomic E-state index is 12.2. The molecule has 0 fully saturated rings. The van der Waals surface area contributed by atoms with Gasteiger partial charge in [-0.2, -0.15) is 5.10 Å². The summed E-state index contributed by atoms with van der Waals surface area (Å²) in [5.74, 6) is -1.39. The lowest BCUT2D eigenvalue weighted by atomic mass is 10.2. The van der Waals surface area contributed by atoms with E-state index < -0.39 is 17.7 Å². The van der Waals surface area contributed by atoms with Gasteiger partial charge in [0.1, 0.15) is 11.5 Å². The first-order valence-electron chi connectivity index (χ1n) is 10.7. The minimum Gasteiger partial charge on any atom is -0.492 e. The molecule has 11 heteroatoms. The molecule has 0 aromatic heterocycles. The van der Waals surface area contributed by atoms with Crippen LogP contribution in [-0.4, -0.2) is 37.1 Å². The normalized spacial score (nSPS) is 10.5. The molecule has 186 valence electrons. The molecule has 3 aromatic rings. The van der Waals surface area contributed by atoms with E-state index >= 15 is 0 Å². The second kappa shape index (κ2) is 13.1. The Morgan fingerprint density at radius 1 is 0.889 bits per heavy atom. The van der Waals surface area contributed by atoms with E-state index in [4.69, 9.17) is 32.7 Å². The number of anilines is 2. The molecule has 3 rings (SSSR count). The summed E-state index contributed by atoms with van der Waals surface area (Å²) in [5.41, 5.74) is 3.59. The minimum absolute atomic E-state index is 0.249. The van der Waals surface area contributed by atoms with Crippen LogP contribution in [0, 0.1) is 0 Å². The fourth-order valence-electron chi connectivity index (χ4n) is 2.85. The number of carbonyl (C=O) groups is 3. The van der Waals surface area contributed by atoms with E-state index in [9.17, 15) is 14.4 Å². The first-order valence-corrected chi connectivity index (χ1v) is 11.4. The van der Waals surface area contributed by atoms with Gasteiger partial charge in [0.15, 0.2) is 6.61 Å². The maximum atomic E-state index is 12.2. The summed E-state index contributed by atoms with van der Waals surface area (Å²) < 4.78 is 10.9. The number of carbonyl (C=O) groups excluding carboxylic acids is 3. The molecule has 0 spiro atoms. The van der Waals surface area contributed by atoms with Crippen molar-refractivity contribution in [3.8, 4) is 11.5 Å². The van der Waals surface area contributed by atoms with Gasteiger partial charge in [-0.05, 0) is 55.0 Å². The molecule has 3 aromatic carbocycles. The highest BCUT2D eigenvalue weighted by atomic mass is 35.5. The topological polar surface area (TPSA) is 118 Å². The molecule has 0 heterocycles. The van der Waals surface area contributed by atoms with Crippen LogP contribution >= 0.6 is 23.2 Å². The van der Waals surface area contributed by atoms with Crippen LogP contribution in [0.2, 0.25) is 10.0 Å². The number of ether oxygens (including phenoxy) is 2. The van der Waals surface area contributed by atoms with Gasteiger partial charge in [-0.3, -0.25) is 14.4 Å². The number of benzene rings is 3. The number of nitrogens with one attached hydrogen (secondary N) is 3. The molecule has 3 amide bonds. The standard InChI is InChI=1S/C25H22Cl2N4O5/c1-2-35-22-9-4-3-8-21(22)30-24(33)25(34)31-28-14-16-6-5-7-18(12-16)36-15-23(32)29-17-10-11-19(26)20(27)13-17/h3-14H,2,15H2,1H3,(H,29,32)(H,30,33)(H,31,34)/b28-14-. The number of hydrogen-bond acceptors (Lipinski definition) is 6. The van der Waals surface area contributed by atoms with Crippen molar-refractivity contribution in [3.05, 3.63) is 82.3 Å². The van der Waals surface area contributed by atoms with Crippen LogP contribution in [0.25, 0.3) is 0 Å². The molecule has 3 N–H and O–H groups in total. The Kier molecular flexibility index (Phi) is 9.67. The number of nitrogens with zero attached hydrogens (tertiary/aromatic N) is 1. The predicted molar refractivity (Wildman–Crippen MR) is 139 cm³/mol. The van der Waals surface area contributed by atoms with Gasteiger partial charge in [0, 0.05) is 5.69 Å². The van der Waals surface area contributed by atoms with Crippen LogP contribution < -0.4 is 25.5 Å². The molecule has 0 aliphatic heterocycles. The van der Waals surface area contributed by atoms with Crippen molar-refractivity contribution >= 4 is 58.5 Å². The highest BCUT2D eigenvalue weighted by molar-refractivity contribution is 6.42. The average molecular weight is 529 g/mol. The minimum atomic E-state index is -0.955. The van der Waals surface area contributed by atoms with Gasteiger partial charge in [-0.15, -0.1) is 0 Å². The van der Waals surface area contributed by atoms with E-state index in [-0.39, 0.29) is 6.61 Å². The Morgan fingerprint density at radius 2 is 1.69 bits per heavy atom. The third-order valence-electron chi connectivity index (χ3n) is 4.45. The molecule has 9 nitrogen and oxygen atoms in total. The summed E-state index contributed by atoms with van der Waals surface area (Å²) in [6.07, 6.45) is 1.34. The van der Waals surface area contributed by atoms with Crippen molar-refractivity contribution in [3.63, 3.8) is 0 Å². The van der Waals surface area contributed by atoms with Crippen LogP contribution in [0.4, 0.5) is 11.4 Å². The van der Waals surface area contributed by atoms with E-state index in [0.717, 1.165) is 0 Å². The smallest absolute Gasteiger partial charge is 0.329 e. The Labute approximate surface area is 217 Å². The molecule has 0 aliphatic carbocycles. The van der Waals surface area contributed by atoms with Crippen molar-refractivity contribution in [1.29, 1.82) is 0 Å². The van der Waals surface area contributed by atoms with Crippen molar-refractivity contribution in [1.82, 2.24) is 5.43 Å². The summed E-state index contributed by atoms with van der Waals surface area (Å²) in [5, 5.41) is 9.63. The average Bonchev–Trinajstić information content (AvgIpc) is 2.86. The third-order valence-corrected chi connectivity index (χ3v) is 5.19. The van der Waals surface area contributed by atoms with Gasteiger partial charge in [-0.1, -0.05) is 47.5 Å². The van der Waals surface area contributed by atoms with Crippen molar-refractivity contribution in [2.75, 3.05) is 23.8 Å². The zero-order chi connectivity index (χ0) is 25.9.